The molecule has 1 aliphatic heterocycles. The molecule has 37 heavy (non-hydrogen) atoms. The van der Waals surface area contributed by atoms with E-state index in [1.54, 1.807) is 0 Å². The Bertz CT molecular complexity index is 1000. The summed E-state index contributed by atoms with van der Waals surface area (Å²) in [5.74, 6) is -0.729. The van der Waals surface area contributed by atoms with Crippen LogP contribution >= 0.6 is 0 Å². The number of rotatable bonds is 10. The molecule has 7 aliphatic rings. The predicted molar refractivity (Wildman–Crippen MR) is 123 cm³/mol. The lowest BCUT2D eigenvalue weighted by Gasteiger charge is -2.60. The number of carbonyl (C=O) groups is 4. The molecule has 1 heterocycles. The van der Waals surface area contributed by atoms with Gasteiger partial charge in [0.15, 0.2) is 6.61 Å². The lowest BCUT2D eigenvalue weighted by molar-refractivity contribution is -0.255. The van der Waals surface area contributed by atoms with Gasteiger partial charge in [0.2, 0.25) is 0 Å². The Labute approximate surface area is 215 Å². The van der Waals surface area contributed by atoms with Gasteiger partial charge >= 0.3 is 23.9 Å². The molecule has 6 saturated carbocycles. The van der Waals surface area contributed by atoms with Crippen LogP contribution in [0, 0.1) is 29.6 Å². The Balaban J connectivity index is 0.980. The first kappa shape index (κ1) is 24.9. The van der Waals surface area contributed by atoms with Gasteiger partial charge in [-0.1, -0.05) is 6.58 Å². The van der Waals surface area contributed by atoms with E-state index >= 15 is 0 Å². The van der Waals surface area contributed by atoms with Crippen molar-refractivity contribution in [2.24, 2.45) is 29.6 Å². The fraction of sp³-hybridized carbons (Fsp3) is 0.778. The van der Waals surface area contributed by atoms with E-state index in [1.807, 2.05) is 0 Å². The van der Waals surface area contributed by atoms with Gasteiger partial charge in [-0.2, -0.15) is 0 Å². The van der Waals surface area contributed by atoms with Crippen molar-refractivity contribution < 1.29 is 47.6 Å². The quantitative estimate of drug-likeness (QED) is 0.140. The van der Waals surface area contributed by atoms with Crippen molar-refractivity contribution in [2.45, 2.75) is 81.7 Å². The number of carbonyl (C=O) groups excluding carboxylic acids is 4. The van der Waals surface area contributed by atoms with Gasteiger partial charge in [-0.25, -0.2) is 14.4 Å². The molecule has 0 N–H and O–H groups in total. The van der Waals surface area contributed by atoms with E-state index in [0.29, 0.717) is 18.3 Å². The van der Waals surface area contributed by atoms with E-state index in [2.05, 4.69) is 6.58 Å². The summed E-state index contributed by atoms with van der Waals surface area (Å²) in [6.45, 7) is 4.29. The Morgan fingerprint density at radius 3 is 2.46 bits per heavy atom. The van der Waals surface area contributed by atoms with Crippen molar-refractivity contribution in [3.05, 3.63) is 12.2 Å². The third-order valence-electron chi connectivity index (χ3n) is 9.30. The second-order valence-electron chi connectivity index (χ2n) is 12.1. The molecule has 1 saturated heterocycles. The number of hydrogen-bond donors (Lipinski definition) is 0. The minimum Gasteiger partial charge on any atom is -0.458 e. The second kappa shape index (κ2) is 9.08. The van der Waals surface area contributed by atoms with Crippen LogP contribution in [0.5, 0.6) is 0 Å². The summed E-state index contributed by atoms with van der Waals surface area (Å²) in [7, 11) is 0. The third-order valence-corrected chi connectivity index (χ3v) is 9.30. The minimum absolute atomic E-state index is 0.0243. The van der Waals surface area contributed by atoms with Crippen molar-refractivity contribution in [3.8, 4) is 0 Å². The van der Waals surface area contributed by atoms with Crippen LogP contribution < -0.4 is 0 Å². The maximum absolute atomic E-state index is 12.5. The SMILES string of the molecule is C=C(C)C(=O)OCC(=O)OC12CC3CC(CC(OCOCC(=O)OC4C5CC6C(=O)OC4C6C5)(C3)C1)C2. The summed E-state index contributed by atoms with van der Waals surface area (Å²) in [5.41, 5.74) is -0.876. The zero-order chi connectivity index (χ0) is 25.9. The molecular weight excluding hydrogens is 484 g/mol. The lowest BCUT2D eigenvalue weighted by atomic mass is 9.52. The average Bonchev–Trinajstić information content (AvgIpc) is 3.44. The Kier molecular flexibility index (Phi) is 6.10. The molecule has 0 aromatic carbocycles. The second-order valence-corrected chi connectivity index (χ2v) is 12.1. The average molecular weight is 519 g/mol. The molecule has 7 atom stereocenters. The highest BCUT2D eigenvalue weighted by atomic mass is 16.7. The number of hydrogen-bond acceptors (Lipinski definition) is 10. The van der Waals surface area contributed by atoms with Crippen LogP contribution in [-0.2, 0) is 47.6 Å². The molecule has 0 aromatic rings. The van der Waals surface area contributed by atoms with E-state index in [-0.39, 0.29) is 54.9 Å². The number of fused-ring (bicyclic) bond motifs is 1. The smallest absolute Gasteiger partial charge is 0.344 e. The van der Waals surface area contributed by atoms with E-state index in [4.69, 9.17) is 28.4 Å². The molecule has 7 rings (SSSR count). The van der Waals surface area contributed by atoms with E-state index < -0.39 is 35.7 Å². The number of ether oxygens (including phenoxy) is 6. The normalized spacial score (nSPS) is 42.0. The minimum atomic E-state index is -0.631. The maximum atomic E-state index is 12.5. The molecule has 0 radical (unpaired) electrons. The van der Waals surface area contributed by atoms with Crippen LogP contribution in [0.25, 0.3) is 0 Å². The summed E-state index contributed by atoms with van der Waals surface area (Å²) in [4.78, 5) is 48.4. The molecule has 202 valence electrons. The maximum Gasteiger partial charge on any atom is 0.344 e. The zero-order valence-electron chi connectivity index (χ0n) is 21.1. The standard InChI is InChI=1S/C27H34O10/c1-14(2)24(30)33-11-21(29)37-27-8-15-3-16(9-27)7-26(6-15,12-27)34-13-32-10-20(28)35-22-17-4-18-19(5-17)25(31)36-23(18)22/h15-19,22-23H,1,3-13H2,2H3. The first-order valence-corrected chi connectivity index (χ1v) is 13.3. The first-order chi connectivity index (χ1) is 17.6. The van der Waals surface area contributed by atoms with Gasteiger partial charge in [0.1, 0.15) is 31.2 Å². The van der Waals surface area contributed by atoms with Crippen LogP contribution in [0.4, 0.5) is 0 Å². The van der Waals surface area contributed by atoms with Gasteiger partial charge in [-0.15, -0.1) is 0 Å². The molecule has 0 amide bonds. The van der Waals surface area contributed by atoms with Crippen molar-refractivity contribution in [1.29, 1.82) is 0 Å². The molecule has 6 aliphatic carbocycles. The molecule has 7 fully saturated rings. The Hall–Kier alpha value is -2.46. The van der Waals surface area contributed by atoms with Crippen molar-refractivity contribution in [3.63, 3.8) is 0 Å². The fourth-order valence-electron chi connectivity index (χ4n) is 8.44. The monoisotopic (exact) mass is 518 g/mol. The van der Waals surface area contributed by atoms with Gasteiger partial charge in [-0.3, -0.25) is 4.79 Å². The molecule has 7 unspecified atom stereocenters. The summed E-state index contributed by atoms with van der Waals surface area (Å²) >= 11 is 0. The van der Waals surface area contributed by atoms with Gasteiger partial charge in [0, 0.05) is 23.8 Å². The predicted octanol–water partition coefficient (Wildman–Crippen LogP) is 2.22. The molecule has 10 nitrogen and oxygen atoms in total. The van der Waals surface area contributed by atoms with E-state index in [9.17, 15) is 19.2 Å². The van der Waals surface area contributed by atoms with Crippen molar-refractivity contribution >= 4 is 23.9 Å². The van der Waals surface area contributed by atoms with Crippen LogP contribution in [0.3, 0.4) is 0 Å². The van der Waals surface area contributed by atoms with E-state index in [0.717, 1.165) is 44.9 Å². The summed E-state index contributed by atoms with van der Waals surface area (Å²) in [6.07, 6.45) is 5.83. The Morgan fingerprint density at radius 2 is 1.73 bits per heavy atom. The Morgan fingerprint density at radius 1 is 1.00 bits per heavy atom. The van der Waals surface area contributed by atoms with Crippen LogP contribution in [0.15, 0.2) is 12.2 Å². The van der Waals surface area contributed by atoms with Crippen molar-refractivity contribution in [1.82, 2.24) is 0 Å². The lowest BCUT2D eigenvalue weighted by Crippen LogP contribution is -2.61. The topological polar surface area (TPSA) is 124 Å². The highest BCUT2D eigenvalue weighted by Gasteiger charge is 2.63. The van der Waals surface area contributed by atoms with E-state index in [1.165, 1.54) is 6.92 Å². The summed E-state index contributed by atoms with van der Waals surface area (Å²) in [6, 6.07) is 0. The highest BCUT2D eigenvalue weighted by molar-refractivity contribution is 5.88. The molecule has 0 spiro atoms. The summed E-state index contributed by atoms with van der Waals surface area (Å²) < 4.78 is 33.7. The van der Waals surface area contributed by atoms with Gasteiger partial charge in [0.05, 0.1) is 11.5 Å². The molecule has 6 bridgehead atoms. The third kappa shape index (κ3) is 4.56. The summed E-state index contributed by atoms with van der Waals surface area (Å²) in [5, 5.41) is 0. The van der Waals surface area contributed by atoms with Crippen LogP contribution in [0.2, 0.25) is 0 Å². The molecule has 10 heteroatoms. The zero-order valence-corrected chi connectivity index (χ0v) is 21.1. The van der Waals surface area contributed by atoms with Crippen LogP contribution in [0.1, 0.15) is 58.3 Å². The molecule has 0 aromatic heterocycles. The highest BCUT2D eigenvalue weighted by Crippen LogP contribution is 2.60. The van der Waals surface area contributed by atoms with Gasteiger partial charge < -0.3 is 28.4 Å². The fourth-order valence-corrected chi connectivity index (χ4v) is 8.44. The number of esters is 4. The van der Waals surface area contributed by atoms with Crippen LogP contribution in [-0.4, -0.2) is 67.3 Å². The van der Waals surface area contributed by atoms with Gasteiger partial charge in [-0.05, 0) is 63.7 Å². The van der Waals surface area contributed by atoms with Crippen molar-refractivity contribution in [2.75, 3.05) is 20.0 Å². The molecular formula is C27H34O10. The first-order valence-electron chi connectivity index (χ1n) is 13.3. The largest absolute Gasteiger partial charge is 0.458 e. The van der Waals surface area contributed by atoms with Gasteiger partial charge in [0.25, 0.3) is 0 Å².